The Morgan fingerprint density at radius 1 is 1.60 bits per heavy atom. The highest BCUT2D eigenvalue weighted by Gasteiger charge is 2.35. The van der Waals surface area contributed by atoms with Crippen molar-refractivity contribution in [1.29, 1.82) is 5.41 Å². The lowest BCUT2D eigenvalue weighted by molar-refractivity contribution is -0.168. The van der Waals surface area contributed by atoms with Crippen LogP contribution >= 0.6 is 0 Å². The molecule has 0 aromatic heterocycles. The number of carbonyl (C=O) groups is 1. The molecule has 116 valence electrons. The van der Waals surface area contributed by atoms with Crippen LogP contribution in [0.3, 0.4) is 0 Å². The molecule has 8 nitrogen and oxygen atoms in total. The molecule has 0 aromatic carbocycles. The topological polar surface area (TPSA) is 138 Å². The van der Waals surface area contributed by atoms with E-state index in [9.17, 15) is 15.0 Å². The van der Waals surface area contributed by atoms with Gasteiger partial charge in [-0.15, -0.1) is 0 Å². The third kappa shape index (κ3) is 6.50. The van der Waals surface area contributed by atoms with Crippen molar-refractivity contribution < 1.29 is 24.5 Å². The lowest BCUT2D eigenvalue weighted by atomic mass is 9.93. The van der Waals surface area contributed by atoms with Crippen molar-refractivity contribution in [3.63, 3.8) is 0 Å². The van der Waals surface area contributed by atoms with Crippen LogP contribution in [0.25, 0.3) is 0 Å². The normalized spacial score (nSPS) is 15.0. The minimum absolute atomic E-state index is 0.00293. The van der Waals surface area contributed by atoms with Crippen molar-refractivity contribution in [1.82, 2.24) is 5.32 Å². The first-order chi connectivity index (χ1) is 9.23. The van der Waals surface area contributed by atoms with Crippen molar-refractivity contribution >= 4 is 11.9 Å². The summed E-state index contributed by atoms with van der Waals surface area (Å²) in [5.74, 6) is -0.891. The van der Waals surface area contributed by atoms with E-state index in [0.29, 0.717) is 5.57 Å². The van der Waals surface area contributed by atoms with Gasteiger partial charge in [-0.25, -0.2) is 0 Å². The fraction of sp³-hybridized carbons (Fsp3) is 0.667. The third-order valence-electron chi connectivity index (χ3n) is 2.47. The van der Waals surface area contributed by atoms with Crippen molar-refractivity contribution in [3.8, 4) is 0 Å². The minimum Gasteiger partial charge on any atom is -0.463 e. The maximum Gasteiger partial charge on any atom is 0.316 e. The van der Waals surface area contributed by atoms with Gasteiger partial charge in [-0.2, -0.15) is 0 Å². The summed E-state index contributed by atoms with van der Waals surface area (Å²) in [6.07, 6.45) is -1.20. The molecular weight excluding hydrogens is 266 g/mol. The van der Waals surface area contributed by atoms with Crippen LogP contribution in [0, 0.1) is 10.8 Å². The average molecular weight is 289 g/mol. The zero-order chi connectivity index (χ0) is 15.8. The summed E-state index contributed by atoms with van der Waals surface area (Å²) in [6.45, 7) is 6.03. The first kappa shape index (κ1) is 18.4. The van der Waals surface area contributed by atoms with Gasteiger partial charge in [0.15, 0.2) is 12.2 Å². The lowest BCUT2D eigenvalue weighted by Crippen LogP contribution is -2.41. The monoisotopic (exact) mass is 289 g/mol. The first-order valence-electron chi connectivity index (χ1n) is 6.04. The SMILES string of the molecule is C=C(C)C(O)OCC(C)(CO)C(=O)OCCNC(=N)N. The molecule has 20 heavy (non-hydrogen) atoms. The quantitative estimate of drug-likeness (QED) is 0.0909. The molecule has 0 fully saturated rings. The van der Waals surface area contributed by atoms with Crippen LogP contribution < -0.4 is 11.1 Å². The fourth-order valence-corrected chi connectivity index (χ4v) is 1.08. The molecule has 6 N–H and O–H groups in total. The van der Waals surface area contributed by atoms with E-state index in [1.807, 2.05) is 0 Å². The highest BCUT2D eigenvalue weighted by atomic mass is 16.6. The van der Waals surface area contributed by atoms with E-state index in [2.05, 4.69) is 11.9 Å². The first-order valence-corrected chi connectivity index (χ1v) is 6.04. The van der Waals surface area contributed by atoms with Gasteiger partial charge in [0, 0.05) is 0 Å². The molecule has 0 bridgehead atoms. The lowest BCUT2D eigenvalue weighted by Gasteiger charge is -2.26. The van der Waals surface area contributed by atoms with Crippen LogP contribution in [0.2, 0.25) is 0 Å². The number of hydrogen-bond donors (Lipinski definition) is 5. The maximum absolute atomic E-state index is 11.8. The number of aliphatic hydroxyl groups is 2. The van der Waals surface area contributed by atoms with Crippen molar-refractivity contribution in [2.75, 3.05) is 26.4 Å². The second-order valence-electron chi connectivity index (χ2n) is 4.70. The molecule has 0 saturated carbocycles. The van der Waals surface area contributed by atoms with Crippen LogP contribution in [-0.2, 0) is 14.3 Å². The van der Waals surface area contributed by atoms with Gasteiger partial charge in [-0.1, -0.05) is 6.58 Å². The minimum atomic E-state index is -1.29. The molecular formula is C12H23N3O5. The Labute approximate surface area is 118 Å². The summed E-state index contributed by atoms with van der Waals surface area (Å²) in [6, 6.07) is 0. The van der Waals surface area contributed by atoms with Gasteiger partial charge in [-0.3, -0.25) is 10.2 Å². The summed E-state index contributed by atoms with van der Waals surface area (Å²) in [4.78, 5) is 11.8. The van der Waals surface area contributed by atoms with E-state index in [1.165, 1.54) is 6.92 Å². The number of nitrogens with one attached hydrogen (secondary N) is 2. The molecule has 0 rings (SSSR count). The molecule has 8 heteroatoms. The summed E-state index contributed by atoms with van der Waals surface area (Å²) < 4.78 is 9.99. The Morgan fingerprint density at radius 2 is 2.20 bits per heavy atom. The summed E-state index contributed by atoms with van der Waals surface area (Å²) in [5, 5.41) is 28.1. The van der Waals surface area contributed by atoms with Gasteiger partial charge in [-0.05, 0) is 19.4 Å². The third-order valence-corrected chi connectivity index (χ3v) is 2.47. The second-order valence-corrected chi connectivity index (χ2v) is 4.70. The molecule has 2 atom stereocenters. The van der Waals surface area contributed by atoms with Crippen LogP contribution in [-0.4, -0.2) is 54.8 Å². The van der Waals surface area contributed by atoms with E-state index in [0.717, 1.165) is 0 Å². The molecule has 0 heterocycles. The highest BCUT2D eigenvalue weighted by Crippen LogP contribution is 2.19. The number of ether oxygens (including phenoxy) is 2. The van der Waals surface area contributed by atoms with Gasteiger partial charge in [0.2, 0.25) is 0 Å². The molecule has 0 radical (unpaired) electrons. The van der Waals surface area contributed by atoms with E-state index >= 15 is 0 Å². The van der Waals surface area contributed by atoms with E-state index in [4.69, 9.17) is 20.6 Å². The molecule has 0 spiro atoms. The summed E-state index contributed by atoms with van der Waals surface area (Å²) in [5.41, 5.74) is 4.17. The number of rotatable bonds is 9. The van der Waals surface area contributed by atoms with Crippen LogP contribution in [0.1, 0.15) is 13.8 Å². The Kier molecular flexibility index (Phi) is 7.82. The largest absolute Gasteiger partial charge is 0.463 e. The second kappa shape index (κ2) is 8.51. The number of carbonyl (C=O) groups excluding carboxylic acids is 1. The Balaban J connectivity index is 4.28. The Morgan fingerprint density at radius 3 is 2.65 bits per heavy atom. The fourth-order valence-electron chi connectivity index (χ4n) is 1.08. The zero-order valence-electron chi connectivity index (χ0n) is 11.8. The number of hydrogen-bond acceptors (Lipinski definition) is 6. The number of guanidine groups is 1. The standard InChI is InChI=1S/C12H23N3O5/c1-8(2)9(17)20-7-12(3,6-16)10(18)19-5-4-15-11(13)14/h9,16-17H,1,4-7H2,2-3H3,(H4,13,14,15). The van der Waals surface area contributed by atoms with Crippen LogP contribution in [0.15, 0.2) is 12.2 Å². The predicted molar refractivity (Wildman–Crippen MR) is 72.8 cm³/mol. The van der Waals surface area contributed by atoms with E-state index < -0.39 is 24.3 Å². The Hall–Kier alpha value is -1.64. The zero-order valence-corrected chi connectivity index (χ0v) is 11.8. The van der Waals surface area contributed by atoms with Crippen molar-refractivity contribution in [3.05, 3.63) is 12.2 Å². The van der Waals surface area contributed by atoms with Crippen molar-refractivity contribution in [2.24, 2.45) is 11.1 Å². The predicted octanol–water partition coefficient (Wildman–Crippen LogP) is -1.08. The van der Waals surface area contributed by atoms with E-state index in [1.54, 1.807) is 6.92 Å². The number of esters is 1. The molecule has 0 saturated heterocycles. The van der Waals surface area contributed by atoms with Gasteiger partial charge >= 0.3 is 5.97 Å². The highest BCUT2D eigenvalue weighted by molar-refractivity contribution is 5.77. The molecule has 0 aromatic rings. The van der Waals surface area contributed by atoms with Crippen molar-refractivity contribution in [2.45, 2.75) is 20.1 Å². The van der Waals surface area contributed by atoms with Gasteiger partial charge in [0.05, 0.1) is 19.8 Å². The number of nitrogens with two attached hydrogens (primary N) is 1. The van der Waals surface area contributed by atoms with Gasteiger partial charge in [0.1, 0.15) is 12.0 Å². The Bertz CT molecular complexity index is 361. The van der Waals surface area contributed by atoms with Crippen LogP contribution in [0.4, 0.5) is 0 Å². The number of aliphatic hydroxyl groups excluding tert-OH is 2. The smallest absolute Gasteiger partial charge is 0.316 e. The molecule has 0 aliphatic carbocycles. The summed E-state index contributed by atoms with van der Waals surface area (Å²) in [7, 11) is 0. The van der Waals surface area contributed by atoms with Gasteiger partial charge in [0.25, 0.3) is 0 Å². The van der Waals surface area contributed by atoms with Crippen LogP contribution in [0.5, 0.6) is 0 Å². The molecule has 0 aliphatic heterocycles. The van der Waals surface area contributed by atoms with E-state index in [-0.39, 0.29) is 25.7 Å². The average Bonchev–Trinajstić information content (AvgIpc) is 2.39. The molecule has 2 unspecified atom stereocenters. The summed E-state index contributed by atoms with van der Waals surface area (Å²) >= 11 is 0. The molecule has 0 aliphatic rings. The maximum atomic E-state index is 11.8. The molecule has 0 amide bonds. The van der Waals surface area contributed by atoms with Gasteiger partial charge < -0.3 is 30.7 Å².